The molecule has 154 valence electrons. The number of ketones is 1. The van der Waals surface area contributed by atoms with Gasteiger partial charge in [-0.2, -0.15) is 0 Å². The molecule has 0 bridgehead atoms. The van der Waals surface area contributed by atoms with Crippen molar-refractivity contribution in [1.82, 2.24) is 4.98 Å². The third-order valence-electron chi connectivity index (χ3n) is 6.10. The molecule has 1 aromatic heterocycles. The zero-order valence-electron chi connectivity index (χ0n) is 16.9. The van der Waals surface area contributed by atoms with Gasteiger partial charge in [-0.1, -0.05) is 30.3 Å². The Morgan fingerprint density at radius 1 is 1.13 bits per heavy atom. The van der Waals surface area contributed by atoms with E-state index in [1.165, 1.54) is 0 Å². The first kappa shape index (κ1) is 20.1. The van der Waals surface area contributed by atoms with Crippen molar-refractivity contribution in [2.75, 3.05) is 11.9 Å². The zero-order valence-corrected chi connectivity index (χ0v) is 16.9. The molecular weight excluding hydrogens is 376 g/mol. The fraction of sp³-hybridized carbons (Fsp3) is 0.320. The lowest BCUT2D eigenvalue weighted by atomic mass is 9.89. The zero-order chi connectivity index (χ0) is 20.9. The molecule has 0 unspecified atom stereocenters. The molecule has 0 saturated heterocycles. The molecule has 1 aliphatic carbocycles. The Morgan fingerprint density at radius 3 is 2.83 bits per heavy atom. The summed E-state index contributed by atoms with van der Waals surface area (Å²) in [6, 6.07) is 17.1. The standard InChI is InChI=1S/C25H26N2O3/c28-23-13-12-18(7-1-5-17-6-2-9-20(15-17)25(29)30)21(23)16-27-22-11-3-8-19-10-4-14-26-24(19)22/h2-4,6,8-11,14-15,18,21,27H,1,5,7,12-13,16H2,(H,29,30)/t18-,21+/m0/s1. The van der Waals surface area contributed by atoms with E-state index in [-0.39, 0.29) is 5.92 Å². The number of aryl methyl sites for hydroxylation is 1. The summed E-state index contributed by atoms with van der Waals surface area (Å²) in [4.78, 5) is 28.1. The van der Waals surface area contributed by atoms with Crippen molar-refractivity contribution in [3.05, 3.63) is 71.9 Å². The van der Waals surface area contributed by atoms with Crippen molar-refractivity contribution in [3.63, 3.8) is 0 Å². The molecule has 5 nitrogen and oxygen atoms in total. The van der Waals surface area contributed by atoms with Gasteiger partial charge < -0.3 is 10.4 Å². The maximum Gasteiger partial charge on any atom is 0.335 e. The minimum absolute atomic E-state index is 0.0225. The molecule has 30 heavy (non-hydrogen) atoms. The van der Waals surface area contributed by atoms with Gasteiger partial charge in [0.1, 0.15) is 5.78 Å². The molecule has 0 amide bonds. The second-order valence-electron chi connectivity index (χ2n) is 8.03. The van der Waals surface area contributed by atoms with Crippen LogP contribution < -0.4 is 5.32 Å². The number of Topliss-reactive ketones (excluding diaryl/α,β-unsaturated/α-hetero) is 1. The third kappa shape index (κ3) is 4.51. The molecule has 3 aromatic rings. The van der Waals surface area contributed by atoms with Crippen LogP contribution in [-0.2, 0) is 11.2 Å². The quantitative estimate of drug-likeness (QED) is 0.556. The van der Waals surface area contributed by atoms with Gasteiger partial charge in [0.25, 0.3) is 0 Å². The second-order valence-corrected chi connectivity index (χ2v) is 8.03. The highest BCUT2D eigenvalue weighted by Gasteiger charge is 2.33. The summed E-state index contributed by atoms with van der Waals surface area (Å²) in [7, 11) is 0. The topological polar surface area (TPSA) is 79.3 Å². The monoisotopic (exact) mass is 402 g/mol. The van der Waals surface area contributed by atoms with E-state index in [4.69, 9.17) is 5.11 Å². The van der Waals surface area contributed by atoms with Gasteiger partial charge in [0.05, 0.1) is 16.8 Å². The predicted octanol–water partition coefficient (Wildman–Crippen LogP) is 4.96. The molecule has 0 aliphatic heterocycles. The number of carbonyl (C=O) groups excluding carboxylic acids is 1. The number of hydrogen-bond donors (Lipinski definition) is 2. The summed E-state index contributed by atoms with van der Waals surface area (Å²) in [5.74, 6) is -0.161. The summed E-state index contributed by atoms with van der Waals surface area (Å²) < 4.78 is 0. The van der Waals surface area contributed by atoms with Gasteiger partial charge in [0.2, 0.25) is 0 Å². The van der Waals surface area contributed by atoms with Gasteiger partial charge in [0, 0.05) is 30.5 Å². The second kappa shape index (κ2) is 9.08. The summed E-state index contributed by atoms with van der Waals surface area (Å²) in [5, 5.41) is 13.7. The van der Waals surface area contributed by atoms with Gasteiger partial charge in [-0.15, -0.1) is 0 Å². The molecule has 2 N–H and O–H groups in total. The number of nitrogens with zero attached hydrogens (tertiary/aromatic N) is 1. The number of aromatic carboxylic acids is 1. The minimum Gasteiger partial charge on any atom is -0.478 e. The Morgan fingerprint density at radius 2 is 1.97 bits per heavy atom. The smallest absolute Gasteiger partial charge is 0.335 e. The van der Waals surface area contributed by atoms with Gasteiger partial charge in [-0.3, -0.25) is 9.78 Å². The fourth-order valence-corrected chi connectivity index (χ4v) is 4.50. The Hall–Kier alpha value is -3.21. The van der Waals surface area contributed by atoms with Crippen LogP contribution >= 0.6 is 0 Å². The van der Waals surface area contributed by atoms with Crippen molar-refractivity contribution in [1.29, 1.82) is 0 Å². The van der Waals surface area contributed by atoms with Gasteiger partial charge in [-0.05, 0) is 61.4 Å². The average Bonchev–Trinajstić information content (AvgIpc) is 3.11. The maximum absolute atomic E-state index is 12.5. The van der Waals surface area contributed by atoms with Crippen LogP contribution in [0.5, 0.6) is 0 Å². The molecule has 0 radical (unpaired) electrons. The number of para-hydroxylation sites is 1. The van der Waals surface area contributed by atoms with Crippen LogP contribution in [0.4, 0.5) is 5.69 Å². The maximum atomic E-state index is 12.5. The number of aromatic nitrogens is 1. The lowest BCUT2D eigenvalue weighted by Gasteiger charge is -2.20. The first-order valence-corrected chi connectivity index (χ1v) is 10.5. The van der Waals surface area contributed by atoms with E-state index in [0.29, 0.717) is 30.2 Å². The summed E-state index contributed by atoms with van der Waals surface area (Å²) in [6.07, 6.45) is 6.14. The largest absolute Gasteiger partial charge is 0.478 e. The molecule has 0 spiro atoms. The number of anilines is 1. The van der Waals surface area contributed by atoms with E-state index in [1.54, 1.807) is 24.4 Å². The van der Waals surface area contributed by atoms with Crippen LogP contribution in [0, 0.1) is 11.8 Å². The van der Waals surface area contributed by atoms with E-state index >= 15 is 0 Å². The normalized spacial score (nSPS) is 18.6. The van der Waals surface area contributed by atoms with Crippen LogP contribution in [0.2, 0.25) is 0 Å². The van der Waals surface area contributed by atoms with Crippen LogP contribution in [0.25, 0.3) is 10.9 Å². The number of carbonyl (C=O) groups is 2. The molecule has 5 heteroatoms. The van der Waals surface area contributed by atoms with Crippen molar-refractivity contribution < 1.29 is 14.7 Å². The summed E-state index contributed by atoms with van der Waals surface area (Å²) in [6.45, 7) is 0.633. The summed E-state index contributed by atoms with van der Waals surface area (Å²) in [5.41, 5.74) is 3.27. The molecule has 1 fully saturated rings. The van der Waals surface area contributed by atoms with E-state index in [0.717, 1.165) is 47.8 Å². The average molecular weight is 402 g/mol. The Kier molecular flexibility index (Phi) is 6.07. The van der Waals surface area contributed by atoms with Crippen molar-refractivity contribution in [2.45, 2.75) is 32.1 Å². The number of hydrogen-bond acceptors (Lipinski definition) is 4. The number of carboxylic acid groups (broad SMARTS) is 1. The number of carboxylic acids is 1. The Bertz CT molecular complexity index is 1060. The van der Waals surface area contributed by atoms with Crippen molar-refractivity contribution in [2.24, 2.45) is 11.8 Å². The number of fused-ring (bicyclic) bond motifs is 1. The molecule has 1 aliphatic rings. The lowest BCUT2D eigenvalue weighted by molar-refractivity contribution is -0.120. The van der Waals surface area contributed by atoms with Crippen LogP contribution in [0.3, 0.4) is 0 Å². The molecule has 1 heterocycles. The summed E-state index contributed by atoms with van der Waals surface area (Å²) >= 11 is 0. The van der Waals surface area contributed by atoms with E-state index in [2.05, 4.69) is 10.3 Å². The van der Waals surface area contributed by atoms with Gasteiger partial charge >= 0.3 is 5.97 Å². The first-order chi connectivity index (χ1) is 14.6. The predicted molar refractivity (Wildman–Crippen MR) is 118 cm³/mol. The van der Waals surface area contributed by atoms with Crippen LogP contribution in [0.1, 0.15) is 41.6 Å². The van der Waals surface area contributed by atoms with Crippen LogP contribution in [-0.4, -0.2) is 28.4 Å². The molecule has 2 aromatic carbocycles. The fourth-order valence-electron chi connectivity index (χ4n) is 4.50. The Balaban J connectivity index is 1.35. The Labute approximate surface area is 176 Å². The highest BCUT2D eigenvalue weighted by atomic mass is 16.4. The van der Waals surface area contributed by atoms with E-state index in [9.17, 15) is 9.59 Å². The number of benzene rings is 2. The van der Waals surface area contributed by atoms with Gasteiger partial charge in [-0.25, -0.2) is 4.79 Å². The number of pyridine rings is 1. The van der Waals surface area contributed by atoms with Gasteiger partial charge in [0.15, 0.2) is 0 Å². The van der Waals surface area contributed by atoms with E-state index in [1.807, 2.05) is 36.4 Å². The van der Waals surface area contributed by atoms with Crippen molar-refractivity contribution in [3.8, 4) is 0 Å². The van der Waals surface area contributed by atoms with Crippen LogP contribution in [0.15, 0.2) is 60.8 Å². The lowest BCUT2D eigenvalue weighted by Crippen LogP contribution is -2.24. The first-order valence-electron chi connectivity index (χ1n) is 10.5. The highest BCUT2D eigenvalue weighted by molar-refractivity contribution is 5.90. The molecule has 2 atom stereocenters. The van der Waals surface area contributed by atoms with Crippen molar-refractivity contribution >= 4 is 28.3 Å². The SMILES string of the molecule is O=C(O)c1cccc(CCC[C@H]2CCC(=O)[C@@H]2CNc2cccc3cccnc23)c1. The highest BCUT2D eigenvalue weighted by Crippen LogP contribution is 2.33. The van der Waals surface area contributed by atoms with E-state index < -0.39 is 5.97 Å². The number of rotatable bonds is 8. The third-order valence-corrected chi connectivity index (χ3v) is 6.10. The number of nitrogens with one attached hydrogen (secondary N) is 1. The molecular formula is C25H26N2O3. The molecule has 1 saturated carbocycles. The molecule has 4 rings (SSSR count). The minimum atomic E-state index is -0.896.